The number of likely N-dealkylation sites (tertiary alicyclic amines) is 1. The van der Waals surface area contributed by atoms with Crippen molar-refractivity contribution in [1.82, 2.24) is 25.2 Å². The summed E-state index contributed by atoms with van der Waals surface area (Å²) >= 11 is 0. The Labute approximate surface area is 181 Å². The lowest BCUT2D eigenvalue weighted by molar-refractivity contribution is -0.135. The van der Waals surface area contributed by atoms with Gasteiger partial charge in [-0.2, -0.15) is 5.26 Å². The van der Waals surface area contributed by atoms with E-state index in [0.29, 0.717) is 48.6 Å². The maximum absolute atomic E-state index is 13.4. The highest BCUT2D eigenvalue weighted by atomic mass is 16.2. The van der Waals surface area contributed by atoms with Crippen molar-refractivity contribution in [2.45, 2.75) is 63.3 Å². The summed E-state index contributed by atoms with van der Waals surface area (Å²) in [4.78, 5) is 40.6. The summed E-state index contributed by atoms with van der Waals surface area (Å²) in [6.07, 6.45) is 11.1. The van der Waals surface area contributed by atoms with Crippen LogP contribution >= 0.6 is 0 Å². The van der Waals surface area contributed by atoms with E-state index in [2.05, 4.69) is 21.4 Å². The summed E-state index contributed by atoms with van der Waals surface area (Å²) in [6, 6.07) is 1.78. The molecule has 8 heteroatoms. The molecule has 5 rings (SSSR count). The van der Waals surface area contributed by atoms with E-state index >= 15 is 0 Å². The molecule has 0 radical (unpaired) electrons. The van der Waals surface area contributed by atoms with E-state index in [-0.39, 0.29) is 23.7 Å². The van der Waals surface area contributed by atoms with E-state index < -0.39 is 6.04 Å². The lowest BCUT2D eigenvalue weighted by Gasteiger charge is -2.34. The van der Waals surface area contributed by atoms with Gasteiger partial charge in [-0.15, -0.1) is 0 Å². The maximum atomic E-state index is 13.4. The van der Waals surface area contributed by atoms with Gasteiger partial charge in [0.1, 0.15) is 11.6 Å². The molecule has 0 unspecified atom stereocenters. The molecule has 3 aliphatic rings. The standard InChI is InChI=1S/C23H28N6O2/c24-11-14-7-9-29(10-8-14)23(31)19(16-3-1-2-4-16)28-22(30)17-12-25-21-20(17)27-18(13-26-21)15-5-6-15/h12-16,19H,1-10H2,(H,25,26)(H,28,30)/t19-/m1/s1. The van der Waals surface area contributed by atoms with E-state index in [9.17, 15) is 9.59 Å². The third-order valence-corrected chi connectivity index (χ3v) is 7.05. The summed E-state index contributed by atoms with van der Waals surface area (Å²) in [5, 5.41) is 12.2. The predicted molar refractivity (Wildman–Crippen MR) is 114 cm³/mol. The molecule has 0 aromatic carbocycles. The Hall–Kier alpha value is -2.95. The Bertz CT molecular complexity index is 1020. The molecule has 2 amide bonds. The molecule has 2 aromatic heterocycles. The van der Waals surface area contributed by atoms with Gasteiger partial charge in [0.05, 0.1) is 23.5 Å². The fraction of sp³-hybridized carbons (Fsp3) is 0.609. The minimum atomic E-state index is -0.529. The Kier molecular flexibility index (Phi) is 5.34. The molecule has 2 saturated carbocycles. The van der Waals surface area contributed by atoms with E-state index in [0.717, 1.165) is 44.2 Å². The van der Waals surface area contributed by atoms with Crippen molar-refractivity contribution in [3.63, 3.8) is 0 Å². The Balaban J connectivity index is 1.36. The van der Waals surface area contributed by atoms with Gasteiger partial charge < -0.3 is 15.2 Å². The van der Waals surface area contributed by atoms with Crippen LogP contribution in [0.4, 0.5) is 0 Å². The van der Waals surface area contributed by atoms with Crippen LogP contribution in [0.5, 0.6) is 0 Å². The van der Waals surface area contributed by atoms with Crippen molar-refractivity contribution in [2.24, 2.45) is 11.8 Å². The number of nitrogens with zero attached hydrogens (tertiary/aromatic N) is 4. The highest BCUT2D eigenvalue weighted by molar-refractivity contribution is 6.06. The molecule has 31 heavy (non-hydrogen) atoms. The second-order valence-electron chi connectivity index (χ2n) is 9.19. The van der Waals surface area contributed by atoms with Crippen LogP contribution in [0.3, 0.4) is 0 Å². The summed E-state index contributed by atoms with van der Waals surface area (Å²) < 4.78 is 0. The fourth-order valence-electron chi connectivity index (χ4n) is 4.97. The molecular weight excluding hydrogens is 392 g/mol. The number of carbonyl (C=O) groups excluding carboxylic acids is 2. The third-order valence-electron chi connectivity index (χ3n) is 7.05. The molecule has 0 bridgehead atoms. The number of piperidine rings is 1. The molecule has 3 fully saturated rings. The first kappa shape index (κ1) is 20.0. The van der Waals surface area contributed by atoms with E-state index in [4.69, 9.17) is 10.2 Å². The lowest BCUT2D eigenvalue weighted by Crippen LogP contribution is -2.53. The predicted octanol–water partition coefficient (Wildman–Crippen LogP) is 2.89. The number of nitrogens with one attached hydrogen (secondary N) is 2. The second-order valence-corrected chi connectivity index (χ2v) is 9.19. The third kappa shape index (κ3) is 4.01. The number of hydrogen-bond acceptors (Lipinski definition) is 5. The minimum absolute atomic E-state index is 0.0127. The average molecular weight is 421 g/mol. The van der Waals surface area contributed by atoms with Crippen molar-refractivity contribution in [1.29, 1.82) is 5.26 Å². The van der Waals surface area contributed by atoms with Crippen LogP contribution < -0.4 is 5.32 Å². The highest BCUT2D eigenvalue weighted by Gasteiger charge is 2.36. The van der Waals surface area contributed by atoms with Gasteiger partial charge in [-0.1, -0.05) is 12.8 Å². The number of rotatable bonds is 5. The zero-order valence-electron chi connectivity index (χ0n) is 17.6. The molecule has 2 N–H and O–H groups in total. The summed E-state index contributed by atoms with van der Waals surface area (Å²) in [5.74, 6) is 0.344. The van der Waals surface area contributed by atoms with Crippen molar-refractivity contribution in [3.8, 4) is 6.07 Å². The molecule has 1 aliphatic heterocycles. The SMILES string of the molecule is N#CC1CCN(C(=O)[C@H](NC(=O)c2c[nH]c3ncc(C4CC4)nc23)C2CCCC2)CC1. The van der Waals surface area contributed by atoms with E-state index in [1.165, 1.54) is 0 Å². The first-order valence-corrected chi connectivity index (χ1v) is 11.5. The molecule has 2 aromatic rings. The normalized spacial score (nSPS) is 21.2. The molecule has 2 aliphatic carbocycles. The summed E-state index contributed by atoms with van der Waals surface area (Å²) in [5.41, 5.74) is 2.56. The topological polar surface area (TPSA) is 115 Å². The molecule has 1 saturated heterocycles. The van der Waals surface area contributed by atoms with E-state index in [1.807, 2.05) is 4.90 Å². The molecule has 1 atom stereocenters. The summed E-state index contributed by atoms with van der Waals surface area (Å²) in [6.45, 7) is 1.17. The van der Waals surface area contributed by atoms with Gasteiger partial charge in [0.15, 0.2) is 5.65 Å². The Morgan fingerprint density at radius 1 is 1.16 bits per heavy atom. The molecule has 162 valence electrons. The van der Waals surface area contributed by atoms with Crippen molar-refractivity contribution >= 4 is 23.0 Å². The van der Waals surface area contributed by atoms with E-state index in [1.54, 1.807) is 12.4 Å². The number of aromatic amines is 1. The number of H-pyrrole nitrogens is 1. The van der Waals surface area contributed by atoms with Crippen LogP contribution in [0.1, 0.15) is 73.3 Å². The van der Waals surface area contributed by atoms with Gasteiger partial charge in [-0.25, -0.2) is 9.97 Å². The van der Waals surface area contributed by atoms with Crippen LogP contribution in [-0.4, -0.2) is 50.8 Å². The number of hydrogen-bond donors (Lipinski definition) is 2. The number of carbonyl (C=O) groups is 2. The van der Waals surface area contributed by atoms with Gasteiger partial charge in [0.25, 0.3) is 5.91 Å². The van der Waals surface area contributed by atoms with Gasteiger partial charge in [-0.05, 0) is 44.4 Å². The molecule has 8 nitrogen and oxygen atoms in total. The van der Waals surface area contributed by atoms with Gasteiger partial charge in [-0.3, -0.25) is 9.59 Å². The highest BCUT2D eigenvalue weighted by Crippen LogP contribution is 2.39. The van der Waals surface area contributed by atoms with Crippen LogP contribution in [0.15, 0.2) is 12.4 Å². The fourth-order valence-corrected chi connectivity index (χ4v) is 4.97. The molecular formula is C23H28N6O2. The van der Waals surface area contributed by atoms with Crippen molar-refractivity contribution < 1.29 is 9.59 Å². The van der Waals surface area contributed by atoms with Crippen molar-refractivity contribution in [3.05, 3.63) is 23.7 Å². The van der Waals surface area contributed by atoms with Crippen LogP contribution in [0.25, 0.3) is 11.2 Å². The number of amides is 2. The average Bonchev–Trinajstić information content (AvgIpc) is 3.34. The quantitative estimate of drug-likeness (QED) is 0.772. The zero-order valence-corrected chi connectivity index (χ0v) is 17.6. The second kappa shape index (κ2) is 8.29. The van der Waals surface area contributed by atoms with Gasteiger partial charge in [0, 0.05) is 31.1 Å². The monoisotopic (exact) mass is 420 g/mol. The molecule has 3 heterocycles. The number of nitriles is 1. The Morgan fingerprint density at radius 3 is 2.58 bits per heavy atom. The Morgan fingerprint density at radius 2 is 1.90 bits per heavy atom. The number of aromatic nitrogens is 3. The van der Waals surface area contributed by atoms with Crippen molar-refractivity contribution in [2.75, 3.05) is 13.1 Å². The summed E-state index contributed by atoms with van der Waals surface area (Å²) in [7, 11) is 0. The van der Waals surface area contributed by atoms with Gasteiger partial charge in [0.2, 0.25) is 5.91 Å². The van der Waals surface area contributed by atoms with Crippen LogP contribution in [-0.2, 0) is 4.79 Å². The molecule has 0 spiro atoms. The number of fused-ring (bicyclic) bond motifs is 1. The lowest BCUT2D eigenvalue weighted by atomic mass is 9.93. The maximum Gasteiger partial charge on any atom is 0.255 e. The largest absolute Gasteiger partial charge is 0.344 e. The van der Waals surface area contributed by atoms with Gasteiger partial charge >= 0.3 is 0 Å². The minimum Gasteiger partial charge on any atom is -0.344 e. The smallest absolute Gasteiger partial charge is 0.255 e. The van der Waals surface area contributed by atoms with Crippen LogP contribution in [0.2, 0.25) is 0 Å². The zero-order chi connectivity index (χ0) is 21.4. The first-order valence-electron chi connectivity index (χ1n) is 11.5. The van der Waals surface area contributed by atoms with Crippen LogP contribution in [0, 0.1) is 23.2 Å². The first-order chi connectivity index (χ1) is 15.1.